The van der Waals surface area contributed by atoms with Gasteiger partial charge in [-0.3, -0.25) is 0 Å². The van der Waals surface area contributed by atoms with Crippen LogP contribution in [0.25, 0.3) is 11.1 Å². The first kappa shape index (κ1) is 19.6. The zero-order chi connectivity index (χ0) is 20.4. The molecule has 2 heterocycles. The van der Waals surface area contributed by atoms with Crippen LogP contribution >= 0.6 is 0 Å². The van der Waals surface area contributed by atoms with Crippen molar-refractivity contribution in [3.8, 4) is 11.1 Å². The number of cyclic esters (lactones) is 1. The van der Waals surface area contributed by atoms with E-state index in [1.54, 1.807) is 30.3 Å². The molecule has 3 rings (SSSR count). The smallest absolute Gasteiger partial charge is 0.355 e. The van der Waals surface area contributed by atoms with Crippen LogP contribution in [0.2, 0.25) is 0 Å². The molecule has 1 aromatic heterocycles. The van der Waals surface area contributed by atoms with Crippen molar-refractivity contribution >= 4 is 11.9 Å². The van der Waals surface area contributed by atoms with Crippen LogP contribution in [0, 0.1) is 0 Å². The van der Waals surface area contributed by atoms with Crippen LogP contribution in [0.5, 0.6) is 0 Å². The van der Waals surface area contributed by atoms with Crippen LogP contribution in [0.3, 0.4) is 0 Å². The molecule has 0 bridgehead atoms. The highest BCUT2D eigenvalue weighted by atomic mass is 16.6. The number of benzene rings is 1. The minimum Gasteiger partial charge on any atom is -0.516 e. The van der Waals surface area contributed by atoms with Gasteiger partial charge in [0.1, 0.15) is 29.7 Å². The van der Waals surface area contributed by atoms with Gasteiger partial charge in [-0.15, -0.1) is 0 Å². The summed E-state index contributed by atoms with van der Waals surface area (Å²) in [5.41, 5.74) is 0.601. The lowest BCUT2D eigenvalue weighted by atomic mass is 9.89. The Morgan fingerprint density at radius 1 is 1.29 bits per heavy atom. The molecule has 1 aliphatic rings. The minimum atomic E-state index is -1.73. The highest BCUT2D eigenvalue weighted by Crippen LogP contribution is 2.41. The number of ether oxygens (including phenoxy) is 2. The van der Waals surface area contributed by atoms with Gasteiger partial charge in [-0.1, -0.05) is 30.3 Å². The van der Waals surface area contributed by atoms with Gasteiger partial charge in [0.25, 0.3) is 0 Å². The van der Waals surface area contributed by atoms with E-state index in [1.807, 2.05) is 0 Å². The lowest BCUT2D eigenvalue weighted by Gasteiger charge is -2.33. The maximum absolute atomic E-state index is 12.5. The molecule has 9 nitrogen and oxygen atoms in total. The van der Waals surface area contributed by atoms with Gasteiger partial charge in [0.05, 0.1) is 13.4 Å². The number of carbonyl (C=O) groups excluding carboxylic acids is 2. The molecule has 148 valence electrons. The van der Waals surface area contributed by atoms with E-state index in [1.165, 1.54) is 7.11 Å². The number of carbonyl (C=O) groups is 2. The van der Waals surface area contributed by atoms with E-state index in [0.29, 0.717) is 11.8 Å². The van der Waals surface area contributed by atoms with Crippen molar-refractivity contribution in [1.29, 1.82) is 0 Å². The van der Waals surface area contributed by atoms with Gasteiger partial charge < -0.3 is 34.9 Å². The monoisotopic (exact) mass is 389 g/mol. The van der Waals surface area contributed by atoms with E-state index >= 15 is 0 Å². The first-order valence-corrected chi connectivity index (χ1v) is 8.36. The molecule has 1 aliphatic heterocycles. The van der Waals surface area contributed by atoms with Crippen LogP contribution in [0.1, 0.15) is 32.6 Å². The van der Waals surface area contributed by atoms with Crippen molar-refractivity contribution in [2.75, 3.05) is 7.11 Å². The number of rotatable bonds is 5. The topological polar surface area (TPSA) is 149 Å². The van der Waals surface area contributed by atoms with Crippen LogP contribution in [0.4, 0.5) is 0 Å². The Hall–Kier alpha value is -3.14. The Balaban J connectivity index is 2.16. The minimum absolute atomic E-state index is 0.0482. The number of aliphatic hydroxyl groups is 4. The van der Waals surface area contributed by atoms with Gasteiger partial charge in [0.15, 0.2) is 6.10 Å². The van der Waals surface area contributed by atoms with E-state index in [4.69, 9.17) is 14.6 Å². The summed E-state index contributed by atoms with van der Waals surface area (Å²) in [6.45, 7) is 0. The molecule has 4 atom stereocenters. The molecule has 0 amide bonds. The second-order valence-corrected chi connectivity index (χ2v) is 6.16. The molecule has 28 heavy (non-hydrogen) atoms. The maximum Gasteiger partial charge on any atom is 0.355 e. The first-order valence-electron chi connectivity index (χ1n) is 8.36. The zero-order valence-electron chi connectivity index (χ0n) is 14.8. The summed E-state index contributed by atoms with van der Waals surface area (Å²) in [5, 5.41) is 39.7. The standard InChI is InChI=1S/C19H19NO8/c1-27-18(25)13-11(9-5-3-2-4-6-9)12-14(20-13)19(26)28-17(16(12)24)15(23)10(22)7-8-21/h2-8,10,15-17,20-24H,1H3. The Bertz CT molecular complexity index is 904. The number of nitrogens with one attached hydrogen (secondary N) is 1. The SMILES string of the molecule is COC(=O)c1[nH]c2c(c1-c1ccccc1)C(O)C(C(O)C(O)C=CO)OC2=O. The second-order valence-electron chi connectivity index (χ2n) is 6.16. The average molecular weight is 389 g/mol. The molecule has 0 saturated heterocycles. The van der Waals surface area contributed by atoms with Crippen molar-refractivity contribution in [1.82, 2.24) is 4.98 Å². The first-order chi connectivity index (χ1) is 13.4. The number of fused-ring (bicyclic) bond motifs is 1. The maximum atomic E-state index is 12.5. The number of aliphatic hydroxyl groups excluding tert-OH is 4. The summed E-state index contributed by atoms with van der Waals surface area (Å²) in [6.07, 6.45) is -5.02. The average Bonchev–Trinajstić information content (AvgIpc) is 3.12. The molecular weight excluding hydrogens is 370 g/mol. The number of aromatic amines is 1. The molecule has 5 N–H and O–H groups in total. The highest BCUT2D eigenvalue weighted by Gasteiger charge is 2.45. The van der Waals surface area contributed by atoms with E-state index in [9.17, 15) is 24.9 Å². The van der Waals surface area contributed by atoms with Crippen molar-refractivity contribution < 1.29 is 39.5 Å². The summed E-state index contributed by atoms with van der Waals surface area (Å²) in [7, 11) is 1.18. The van der Waals surface area contributed by atoms with Crippen molar-refractivity contribution in [3.05, 3.63) is 59.6 Å². The normalized spacial score (nSPS) is 21.1. The zero-order valence-corrected chi connectivity index (χ0v) is 14.8. The Morgan fingerprint density at radius 3 is 2.57 bits per heavy atom. The fourth-order valence-electron chi connectivity index (χ4n) is 3.20. The number of hydrogen-bond acceptors (Lipinski definition) is 8. The van der Waals surface area contributed by atoms with Crippen molar-refractivity contribution in [2.45, 2.75) is 24.4 Å². The number of esters is 2. The molecule has 1 aromatic carbocycles. The summed E-state index contributed by atoms with van der Waals surface area (Å²) in [4.78, 5) is 27.3. The van der Waals surface area contributed by atoms with Crippen LogP contribution in [0.15, 0.2) is 42.7 Å². The quantitative estimate of drug-likeness (QED) is 0.373. The van der Waals surface area contributed by atoms with E-state index in [2.05, 4.69) is 4.98 Å². The highest BCUT2D eigenvalue weighted by molar-refractivity contribution is 6.02. The number of hydrogen-bond donors (Lipinski definition) is 5. The summed E-state index contributed by atoms with van der Waals surface area (Å²) in [6, 6.07) is 8.54. The summed E-state index contributed by atoms with van der Waals surface area (Å²) < 4.78 is 9.83. The molecular formula is C19H19NO8. The molecule has 0 radical (unpaired) electrons. The number of H-pyrrole nitrogens is 1. The molecule has 2 aromatic rings. The molecule has 4 unspecified atom stereocenters. The summed E-state index contributed by atoms with van der Waals surface area (Å²) >= 11 is 0. The fourth-order valence-corrected chi connectivity index (χ4v) is 3.20. The van der Waals surface area contributed by atoms with E-state index in [-0.39, 0.29) is 22.5 Å². The van der Waals surface area contributed by atoms with Gasteiger partial charge >= 0.3 is 11.9 Å². The number of methoxy groups -OCH3 is 1. The van der Waals surface area contributed by atoms with E-state index in [0.717, 1.165) is 6.08 Å². The third-order valence-corrected chi connectivity index (χ3v) is 4.51. The largest absolute Gasteiger partial charge is 0.516 e. The van der Waals surface area contributed by atoms with Gasteiger partial charge in [-0.2, -0.15) is 0 Å². The lowest BCUT2D eigenvalue weighted by molar-refractivity contribution is -0.109. The Kier molecular flexibility index (Phi) is 5.50. The molecule has 0 spiro atoms. The predicted molar refractivity (Wildman–Crippen MR) is 95.5 cm³/mol. The Morgan fingerprint density at radius 2 is 1.96 bits per heavy atom. The lowest BCUT2D eigenvalue weighted by Crippen LogP contribution is -2.45. The van der Waals surface area contributed by atoms with Gasteiger partial charge in [0.2, 0.25) is 0 Å². The molecule has 9 heteroatoms. The fraction of sp³-hybridized carbons (Fsp3) is 0.263. The van der Waals surface area contributed by atoms with Gasteiger partial charge in [-0.05, 0) is 11.6 Å². The molecule has 0 aliphatic carbocycles. The van der Waals surface area contributed by atoms with Crippen LogP contribution in [-0.4, -0.2) is 62.8 Å². The molecule has 0 fully saturated rings. The van der Waals surface area contributed by atoms with Crippen molar-refractivity contribution in [3.63, 3.8) is 0 Å². The third-order valence-electron chi connectivity index (χ3n) is 4.51. The third kappa shape index (κ3) is 3.26. The predicted octanol–water partition coefficient (Wildman–Crippen LogP) is 0.834. The van der Waals surface area contributed by atoms with Gasteiger partial charge in [-0.25, -0.2) is 9.59 Å². The van der Waals surface area contributed by atoms with Crippen molar-refractivity contribution in [2.24, 2.45) is 0 Å². The van der Waals surface area contributed by atoms with Crippen LogP contribution in [-0.2, 0) is 9.47 Å². The molecule has 0 saturated carbocycles. The van der Waals surface area contributed by atoms with Gasteiger partial charge in [0, 0.05) is 11.1 Å². The number of aromatic nitrogens is 1. The Labute approximate surface area is 159 Å². The van der Waals surface area contributed by atoms with Crippen LogP contribution < -0.4 is 0 Å². The second kappa shape index (κ2) is 7.85. The summed E-state index contributed by atoms with van der Waals surface area (Å²) in [5.74, 6) is -1.68. The van der Waals surface area contributed by atoms with E-state index < -0.39 is 36.4 Å².